The average molecular weight is 196 g/mol. The zero-order chi connectivity index (χ0) is 9.97. The average Bonchev–Trinajstić information content (AvgIpc) is 2.72. The Bertz CT molecular complexity index is 408. The van der Waals surface area contributed by atoms with Crippen molar-refractivity contribution in [2.75, 3.05) is 11.5 Å². The molecule has 0 spiro atoms. The molecule has 2 aromatic rings. The van der Waals surface area contributed by atoms with Gasteiger partial charge in [-0.15, -0.1) is 0 Å². The standard InChI is InChI=1S/C4H6N10/c5-3-9-7-1-13(3)11-12-14-2-8-10-4(14)6/h1-2H,(H4,5,6,9,10)/p+2/b12-11+. The van der Waals surface area contributed by atoms with E-state index in [0.717, 1.165) is 0 Å². The minimum atomic E-state index is 0.261. The Kier molecular flexibility index (Phi) is 1.78. The second kappa shape index (κ2) is 3.08. The van der Waals surface area contributed by atoms with Gasteiger partial charge in [-0.2, -0.15) is 10.2 Å². The number of anilines is 2. The first-order chi connectivity index (χ1) is 6.77. The van der Waals surface area contributed by atoms with Crippen LogP contribution in [-0.2, 0) is 0 Å². The molecule has 0 amide bonds. The Morgan fingerprint density at radius 3 is 1.71 bits per heavy atom. The first-order valence-electron chi connectivity index (χ1n) is 3.60. The topological polar surface area (TPSA) is 142 Å². The van der Waals surface area contributed by atoms with Crippen LogP contribution in [-0.4, -0.2) is 20.4 Å². The van der Waals surface area contributed by atoms with Crippen molar-refractivity contribution in [2.24, 2.45) is 10.4 Å². The summed E-state index contributed by atoms with van der Waals surface area (Å²) in [5.41, 5.74) is 10.9. The first-order valence-corrected chi connectivity index (χ1v) is 3.60. The van der Waals surface area contributed by atoms with Crippen molar-refractivity contribution in [3.63, 3.8) is 0 Å². The number of aromatic nitrogens is 6. The van der Waals surface area contributed by atoms with Crippen LogP contribution >= 0.6 is 0 Å². The van der Waals surface area contributed by atoms with E-state index in [1.165, 1.54) is 22.0 Å². The number of aromatic amines is 2. The summed E-state index contributed by atoms with van der Waals surface area (Å²) in [6, 6.07) is 0. The summed E-state index contributed by atoms with van der Waals surface area (Å²) in [4.78, 5) is 0. The van der Waals surface area contributed by atoms with Gasteiger partial charge < -0.3 is 11.5 Å². The second-order valence-corrected chi connectivity index (χ2v) is 2.35. The zero-order valence-corrected chi connectivity index (χ0v) is 6.99. The maximum Gasteiger partial charge on any atom is 0.344 e. The number of H-pyrrole nitrogens is 2. The van der Waals surface area contributed by atoms with E-state index >= 15 is 0 Å². The van der Waals surface area contributed by atoms with Gasteiger partial charge in [0.25, 0.3) is 0 Å². The van der Waals surface area contributed by atoms with E-state index in [9.17, 15) is 0 Å². The SMILES string of the molecule is Nc1[nH]nc[n+]1/N=N/[n+]1cn[nH]c1N. The van der Waals surface area contributed by atoms with Gasteiger partial charge in [-0.25, -0.2) is 0 Å². The van der Waals surface area contributed by atoms with Gasteiger partial charge in [-0.1, -0.05) is 9.35 Å². The molecule has 0 aliphatic rings. The highest BCUT2D eigenvalue weighted by atomic mass is 15.6. The van der Waals surface area contributed by atoms with Gasteiger partial charge in [-0.05, 0) is 10.2 Å². The maximum atomic E-state index is 5.45. The van der Waals surface area contributed by atoms with Crippen LogP contribution in [0.4, 0.5) is 11.9 Å². The van der Waals surface area contributed by atoms with Gasteiger partial charge >= 0.3 is 11.9 Å². The lowest BCUT2D eigenvalue weighted by atomic mass is 11.1. The number of nitrogens with zero attached hydrogens (tertiary/aromatic N) is 6. The van der Waals surface area contributed by atoms with Crippen LogP contribution in [0.3, 0.4) is 0 Å². The lowest BCUT2D eigenvalue weighted by Crippen LogP contribution is -2.34. The van der Waals surface area contributed by atoms with Crippen molar-refractivity contribution in [1.82, 2.24) is 20.4 Å². The van der Waals surface area contributed by atoms with E-state index in [4.69, 9.17) is 11.5 Å². The van der Waals surface area contributed by atoms with Gasteiger partial charge in [-0.3, -0.25) is 0 Å². The lowest BCUT2D eigenvalue weighted by Gasteiger charge is -1.80. The van der Waals surface area contributed by atoms with Gasteiger partial charge in [0, 0.05) is 0 Å². The van der Waals surface area contributed by atoms with Crippen LogP contribution in [0.5, 0.6) is 0 Å². The Hall–Kier alpha value is -2.52. The van der Waals surface area contributed by atoms with Gasteiger partial charge in [0.05, 0.1) is 0 Å². The highest BCUT2D eigenvalue weighted by Crippen LogP contribution is 1.82. The van der Waals surface area contributed by atoms with E-state index < -0.39 is 0 Å². The molecule has 0 saturated carbocycles. The van der Waals surface area contributed by atoms with Crippen molar-refractivity contribution >= 4 is 11.9 Å². The highest BCUT2D eigenvalue weighted by molar-refractivity contribution is 4.99. The minimum absolute atomic E-state index is 0.261. The Balaban J connectivity index is 2.23. The highest BCUT2D eigenvalue weighted by Gasteiger charge is 2.08. The summed E-state index contributed by atoms with van der Waals surface area (Å²) >= 11 is 0. The molecule has 0 aromatic carbocycles. The maximum absolute atomic E-state index is 5.45. The molecule has 0 aliphatic carbocycles. The largest absolute Gasteiger partial charge is 0.344 e. The van der Waals surface area contributed by atoms with Crippen molar-refractivity contribution in [1.29, 1.82) is 0 Å². The van der Waals surface area contributed by atoms with Crippen LogP contribution in [0, 0.1) is 0 Å². The molecule has 72 valence electrons. The monoisotopic (exact) mass is 196 g/mol. The fourth-order valence-corrected chi connectivity index (χ4v) is 0.755. The molecule has 0 fully saturated rings. The van der Waals surface area contributed by atoms with Crippen molar-refractivity contribution in [3.8, 4) is 0 Å². The number of rotatable bonds is 2. The van der Waals surface area contributed by atoms with Gasteiger partial charge in [0.1, 0.15) is 10.4 Å². The molecule has 0 unspecified atom stereocenters. The van der Waals surface area contributed by atoms with Crippen LogP contribution in [0.25, 0.3) is 0 Å². The third kappa shape index (κ3) is 1.35. The Morgan fingerprint density at radius 2 is 1.43 bits per heavy atom. The van der Waals surface area contributed by atoms with Crippen LogP contribution in [0.15, 0.2) is 23.1 Å². The zero-order valence-electron chi connectivity index (χ0n) is 6.99. The van der Waals surface area contributed by atoms with Crippen LogP contribution in [0.2, 0.25) is 0 Å². The molecule has 0 aliphatic heterocycles. The Labute approximate surface area is 77.2 Å². The normalized spacial score (nSPS) is 11.1. The summed E-state index contributed by atoms with van der Waals surface area (Å²) in [6.45, 7) is 0. The van der Waals surface area contributed by atoms with E-state index in [2.05, 4.69) is 30.8 Å². The third-order valence-corrected chi connectivity index (χ3v) is 1.42. The molecule has 0 atom stereocenters. The third-order valence-electron chi connectivity index (χ3n) is 1.42. The predicted octanol–water partition coefficient (Wildman–Crippen LogP) is -2.45. The van der Waals surface area contributed by atoms with Crippen molar-refractivity contribution in [2.45, 2.75) is 0 Å². The van der Waals surface area contributed by atoms with Crippen LogP contribution in [0.1, 0.15) is 0 Å². The molecule has 6 N–H and O–H groups in total. The first kappa shape index (κ1) is 8.10. The number of nitrogen functional groups attached to an aromatic ring is 2. The van der Waals surface area contributed by atoms with E-state index in [-0.39, 0.29) is 11.9 Å². The second-order valence-electron chi connectivity index (χ2n) is 2.35. The molecule has 14 heavy (non-hydrogen) atoms. The summed E-state index contributed by atoms with van der Waals surface area (Å²) < 4.78 is 2.50. The molecule has 2 heterocycles. The van der Waals surface area contributed by atoms with E-state index in [0.29, 0.717) is 0 Å². The number of nitrogens with one attached hydrogen (secondary N) is 2. The molecule has 2 aromatic heterocycles. The van der Waals surface area contributed by atoms with Crippen molar-refractivity contribution < 1.29 is 9.35 Å². The molecule has 10 heteroatoms. The smallest absolute Gasteiger partial charge is 0.318 e. The van der Waals surface area contributed by atoms with Crippen LogP contribution < -0.4 is 20.8 Å². The van der Waals surface area contributed by atoms with E-state index in [1.54, 1.807) is 0 Å². The number of hydrogen-bond acceptors (Lipinski definition) is 6. The molecule has 0 radical (unpaired) electrons. The molecular weight excluding hydrogens is 188 g/mol. The molecule has 0 bridgehead atoms. The van der Waals surface area contributed by atoms with Crippen molar-refractivity contribution in [3.05, 3.63) is 12.7 Å². The van der Waals surface area contributed by atoms with E-state index in [1.807, 2.05) is 0 Å². The minimum Gasteiger partial charge on any atom is -0.318 e. The number of hydrogen-bond donors (Lipinski definition) is 4. The Morgan fingerprint density at radius 1 is 1.00 bits per heavy atom. The van der Waals surface area contributed by atoms with Gasteiger partial charge in [0.2, 0.25) is 12.7 Å². The summed E-state index contributed by atoms with van der Waals surface area (Å²) in [5, 5.41) is 19.7. The molecule has 10 nitrogen and oxygen atoms in total. The molecule has 0 saturated heterocycles. The summed E-state index contributed by atoms with van der Waals surface area (Å²) in [7, 11) is 0. The molecule has 2 rings (SSSR count). The summed E-state index contributed by atoms with van der Waals surface area (Å²) in [5.74, 6) is 0.521. The summed E-state index contributed by atoms with van der Waals surface area (Å²) in [6.07, 6.45) is 2.74. The quantitative estimate of drug-likeness (QED) is 0.312. The van der Waals surface area contributed by atoms with Gasteiger partial charge in [0.15, 0.2) is 0 Å². The number of nitrogens with two attached hydrogens (primary N) is 2. The molecular formula is C4H8N10+2. The fourth-order valence-electron chi connectivity index (χ4n) is 0.755. The fraction of sp³-hybridized carbons (Fsp3) is 0. The predicted molar refractivity (Wildman–Crippen MR) is 42.0 cm³/mol. The lowest BCUT2D eigenvalue weighted by molar-refractivity contribution is -0.732.